The van der Waals surface area contributed by atoms with Crippen LogP contribution in [-0.4, -0.2) is 27.2 Å². The molecule has 3 amide bonds. The van der Waals surface area contributed by atoms with E-state index in [2.05, 4.69) is 15.6 Å². The molecule has 2 aromatic carbocycles. The number of nitrogens with zero attached hydrogens (tertiary/aromatic N) is 2. The Morgan fingerprint density at radius 2 is 1.88 bits per heavy atom. The number of thiophene rings is 1. The topological polar surface area (TPSA) is 93.1 Å². The molecule has 0 aliphatic heterocycles. The molecule has 9 heteroatoms. The second-order valence-electron chi connectivity index (χ2n) is 7.56. The van der Waals surface area contributed by atoms with Gasteiger partial charge in [-0.15, -0.1) is 11.3 Å². The predicted octanol–water partition coefficient (Wildman–Crippen LogP) is 4.72. The number of fused-ring (bicyclic) bond motifs is 1. The summed E-state index contributed by atoms with van der Waals surface area (Å²) in [5.74, 6) is -0.531. The van der Waals surface area contributed by atoms with Crippen molar-refractivity contribution in [2.24, 2.45) is 7.05 Å². The van der Waals surface area contributed by atoms with Crippen LogP contribution in [0.4, 0.5) is 10.5 Å². The first-order valence-corrected chi connectivity index (χ1v) is 12.0. The summed E-state index contributed by atoms with van der Waals surface area (Å²) in [6, 6.07) is 14.7. The number of amides is 3. The molecule has 4 rings (SSSR count). The van der Waals surface area contributed by atoms with Crippen LogP contribution in [0.2, 0.25) is 0 Å². The average molecular weight is 479 g/mol. The molecule has 0 spiro atoms. The lowest BCUT2D eigenvalue weighted by Gasteiger charge is -2.10. The highest BCUT2D eigenvalue weighted by Gasteiger charge is 2.17. The summed E-state index contributed by atoms with van der Waals surface area (Å²) in [6.07, 6.45) is 0. The maximum absolute atomic E-state index is 13.0. The highest BCUT2D eigenvalue weighted by molar-refractivity contribution is 7.99. The number of hydrogen-bond acceptors (Lipinski definition) is 6. The van der Waals surface area contributed by atoms with E-state index in [-0.39, 0.29) is 11.3 Å². The molecule has 0 aliphatic carbocycles. The van der Waals surface area contributed by atoms with Gasteiger partial charge in [-0.3, -0.25) is 19.5 Å². The summed E-state index contributed by atoms with van der Waals surface area (Å²) in [7, 11) is 1.63. The highest BCUT2D eigenvalue weighted by Crippen LogP contribution is 2.31. The summed E-state index contributed by atoms with van der Waals surface area (Å²) >= 11 is 2.50. The molecule has 0 aliphatic rings. The molecule has 7 nitrogen and oxygen atoms in total. The van der Waals surface area contributed by atoms with Crippen LogP contribution < -0.4 is 16.2 Å². The van der Waals surface area contributed by atoms with Gasteiger partial charge < -0.3 is 5.32 Å². The minimum Gasteiger partial charge on any atom is -0.307 e. The number of imide groups is 1. The molecule has 0 atom stereocenters. The van der Waals surface area contributed by atoms with Gasteiger partial charge in [-0.2, -0.15) is 0 Å². The van der Waals surface area contributed by atoms with E-state index in [1.165, 1.54) is 15.9 Å². The Kier molecular flexibility index (Phi) is 6.62. The zero-order chi connectivity index (χ0) is 23.5. The van der Waals surface area contributed by atoms with Crippen LogP contribution in [0.5, 0.6) is 0 Å². The van der Waals surface area contributed by atoms with E-state index >= 15 is 0 Å². The Labute approximate surface area is 198 Å². The molecule has 33 heavy (non-hydrogen) atoms. The van der Waals surface area contributed by atoms with E-state index in [1.54, 1.807) is 13.1 Å². The van der Waals surface area contributed by atoms with Crippen LogP contribution in [0.15, 0.2) is 63.9 Å². The van der Waals surface area contributed by atoms with Crippen molar-refractivity contribution in [3.63, 3.8) is 0 Å². The molecule has 0 radical (unpaired) electrons. The van der Waals surface area contributed by atoms with Crippen molar-refractivity contribution >= 4 is 50.9 Å². The second-order valence-corrected chi connectivity index (χ2v) is 9.36. The number of rotatable bonds is 5. The van der Waals surface area contributed by atoms with Gasteiger partial charge in [0, 0.05) is 23.7 Å². The maximum Gasteiger partial charge on any atom is 0.325 e. The Morgan fingerprint density at radius 3 is 2.61 bits per heavy atom. The fourth-order valence-corrected chi connectivity index (χ4v) is 5.17. The molecule has 0 bridgehead atoms. The van der Waals surface area contributed by atoms with Gasteiger partial charge in [-0.1, -0.05) is 59.8 Å². The third-order valence-corrected chi connectivity index (χ3v) is 6.98. The zero-order valence-corrected chi connectivity index (χ0v) is 20.0. The zero-order valence-electron chi connectivity index (χ0n) is 18.3. The van der Waals surface area contributed by atoms with E-state index in [0.29, 0.717) is 21.1 Å². The monoisotopic (exact) mass is 478 g/mol. The van der Waals surface area contributed by atoms with Gasteiger partial charge in [0.25, 0.3) is 5.56 Å². The average Bonchev–Trinajstić information content (AvgIpc) is 3.22. The van der Waals surface area contributed by atoms with Gasteiger partial charge in [0.15, 0.2) is 5.16 Å². The van der Waals surface area contributed by atoms with Crippen molar-refractivity contribution in [3.05, 3.63) is 75.4 Å². The molecule has 0 fully saturated rings. The first-order valence-electron chi connectivity index (χ1n) is 10.2. The van der Waals surface area contributed by atoms with Gasteiger partial charge >= 0.3 is 6.03 Å². The van der Waals surface area contributed by atoms with Crippen LogP contribution in [0.25, 0.3) is 21.3 Å². The molecule has 2 heterocycles. The molecule has 4 aromatic rings. The maximum atomic E-state index is 13.0. The number of benzene rings is 2. The van der Waals surface area contributed by atoms with Crippen LogP contribution in [0.1, 0.15) is 11.1 Å². The minimum atomic E-state index is -0.601. The van der Waals surface area contributed by atoms with Crippen molar-refractivity contribution in [2.45, 2.75) is 19.0 Å². The molecule has 2 N–H and O–H groups in total. The minimum absolute atomic E-state index is 0.0526. The lowest BCUT2D eigenvalue weighted by Crippen LogP contribution is -2.35. The Hall–Kier alpha value is -3.43. The number of hydrogen-bond donors (Lipinski definition) is 2. The van der Waals surface area contributed by atoms with Crippen molar-refractivity contribution in [1.82, 2.24) is 14.9 Å². The van der Waals surface area contributed by atoms with Gasteiger partial charge in [-0.05, 0) is 31.0 Å². The number of urea groups is 1. The van der Waals surface area contributed by atoms with Gasteiger partial charge in [-0.25, -0.2) is 9.78 Å². The van der Waals surface area contributed by atoms with E-state index in [0.717, 1.165) is 34.0 Å². The van der Waals surface area contributed by atoms with Gasteiger partial charge in [0.2, 0.25) is 5.91 Å². The second kappa shape index (κ2) is 9.60. The number of thioether (sulfide) groups is 1. The molecular formula is C24H22N4O3S2. The van der Waals surface area contributed by atoms with Crippen LogP contribution in [0, 0.1) is 13.8 Å². The van der Waals surface area contributed by atoms with E-state index < -0.39 is 11.9 Å². The summed E-state index contributed by atoms with van der Waals surface area (Å²) < 4.78 is 1.44. The lowest BCUT2D eigenvalue weighted by atomic mass is 10.1. The first kappa shape index (κ1) is 22.8. The van der Waals surface area contributed by atoms with E-state index in [9.17, 15) is 14.4 Å². The molecule has 168 valence electrons. The normalized spacial score (nSPS) is 10.9. The Balaban J connectivity index is 1.45. The fraction of sp³-hybridized carbons (Fsp3) is 0.167. The summed E-state index contributed by atoms with van der Waals surface area (Å²) in [5.41, 5.74) is 4.27. The molecule has 0 saturated carbocycles. The number of carbonyl (C=O) groups is 2. The molecule has 2 aromatic heterocycles. The van der Waals surface area contributed by atoms with Crippen LogP contribution >= 0.6 is 23.1 Å². The highest BCUT2D eigenvalue weighted by atomic mass is 32.2. The summed E-state index contributed by atoms with van der Waals surface area (Å²) in [5, 5.41) is 7.90. The number of aryl methyl sites for hydroxylation is 2. The summed E-state index contributed by atoms with van der Waals surface area (Å²) in [4.78, 5) is 42.7. The largest absolute Gasteiger partial charge is 0.325 e. The molecule has 0 saturated heterocycles. The van der Waals surface area contributed by atoms with Crippen molar-refractivity contribution in [2.75, 3.05) is 11.1 Å². The number of aromatic nitrogens is 2. The number of anilines is 1. The molecule has 0 unspecified atom stereocenters. The van der Waals surface area contributed by atoms with E-state index in [4.69, 9.17) is 0 Å². The molecular weight excluding hydrogens is 456 g/mol. The standard InChI is InChI=1S/C24H22N4O3S2/c1-14-9-10-18(15(2)11-14)25-23(31)26-19(29)13-33-24-27-21-20(22(30)28(24)3)17(12-32-21)16-7-5-4-6-8-16/h4-12H,13H2,1-3H3,(H2,25,26,29,31). The van der Waals surface area contributed by atoms with Gasteiger partial charge in [0.05, 0.1) is 11.1 Å². The summed E-state index contributed by atoms with van der Waals surface area (Å²) in [6.45, 7) is 3.85. The van der Waals surface area contributed by atoms with Crippen molar-refractivity contribution < 1.29 is 9.59 Å². The number of carbonyl (C=O) groups excluding carboxylic acids is 2. The smallest absolute Gasteiger partial charge is 0.307 e. The van der Waals surface area contributed by atoms with Crippen molar-refractivity contribution in [3.8, 4) is 11.1 Å². The Morgan fingerprint density at radius 1 is 1.12 bits per heavy atom. The predicted molar refractivity (Wildman–Crippen MR) is 134 cm³/mol. The first-order chi connectivity index (χ1) is 15.8. The third kappa shape index (κ3) is 4.99. The van der Waals surface area contributed by atoms with E-state index in [1.807, 2.05) is 61.7 Å². The van der Waals surface area contributed by atoms with Crippen molar-refractivity contribution in [1.29, 1.82) is 0 Å². The SMILES string of the molecule is Cc1ccc(NC(=O)NC(=O)CSc2nc3scc(-c4ccccc4)c3c(=O)n2C)c(C)c1. The lowest BCUT2D eigenvalue weighted by molar-refractivity contribution is -0.117. The third-order valence-electron chi connectivity index (χ3n) is 5.07. The van der Waals surface area contributed by atoms with Gasteiger partial charge in [0.1, 0.15) is 4.83 Å². The Bertz CT molecular complexity index is 1410. The van der Waals surface area contributed by atoms with Crippen LogP contribution in [-0.2, 0) is 11.8 Å². The van der Waals surface area contributed by atoms with Crippen LogP contribution in [0.3, 0.4) is 0 Å². The fourth-order valence-electron chi connectivity index (χ4n) is 3.41. The number of nitrogens with one attached hydrogen (secondary N) is 2. The quantitative estimate of drug-likeness (QED) is 0.320.